The van der Waals surface area contributed by atoms with E-state index < -0.39 is 0 Å². The lowest BCUT2D eigenvalue weighted by Gasteiger charge is -2.38. The zero-order valence-corrected chi connectivity index (χ0v) is 13.0. The average molecular weight is 274 g/mol. The molecule has 18 heavy (non-hydrogen) atoms. The van der Waals surface area contributed by atoms with E-state index in [9.17, 15) is 4.79 Å². The van der Waals surface area contributed by atoms with Crippen LogP contribution in [0.15, 0.2) is 0 Å². The molecule has 1 aliphatic heterocycles. The van der Waals surface area contributed by atoms with Gasteiger partial charge in [-0.3, -0.25) is 0 Å². The minimum Gasteiger partial charge on any atom is -0.383 e. The molecule has 0 radical (unpaired) electrons. The van der Waals surface area contributed by atoms with E-state index in [-0.39, 0.29) is 16.8 Å². The fourth-order valence-electron chi connectivity index (χ4n) is 2.02. The predicted molar refractivity (Wildman–Crippen MR) is 77.1 cm³/mol. The van der Waals surface area contributed by atoms with Crippen molar-refractivity contribution in [2.45, 2.75) is 38.5 Å². The Morgan fingerprint density at radius 3 is 2.67 bits per heavy atom. The van der Waals surface area contributed by atoms with Crippen molar-refractivity contribution in [3.05, 3.63) is 0 Å². The van der Waals surface area contributed by atoms with E-state index in [1.165, 1.54) is 0 Å². The Morgan fingerprint density at radius 2 is 2.17 bits per heavy atom. The van der Waals surface area contributed by atoms with Gasteiger partial charge in [0.2, 0.25) is 0 Å². The summed E-state index contributed by atoms with van der Waals surface area (Å²) in [6, 6.07) is 0.124. The van der Waals surface area contributed by atoms with Crippen molar-refractivity contribution in [1.82, 2.24) is 10.2 Å². The summed E-state index contributed by atoms with van der Waals surface area (Å²) in [6.07, 6.45) is 0. The van der Waals surface area contributed by atoms with Crippen molar-refractivity contribution < 1.29 is 9.53 Å². The second-order valence-corrected chi connectivity index (χ2v) is 7.59. The Labute approximate surface area is 115 Å². The van der Waals surface area contributed by atoms with Crippen LogP contribution in [0.4, 0.5) is 4.79 Å². The van der Waals surface area contributed by atoms with Crippen LogP contribution in [0, 0.1) is 5.92 Å². The molecular formula is C13H26N2O2S. The van der Waals surface area contributed by atoms with Crippen molar-refractivity contribution in [1.29, 1.82) is 0 Å². The molecule has 1 unspecified atom stereocenters. The summed E-state index contributed by atoms with van der Waals surface area (Å²) >= 11 is 1.93. The normalized spacial score (nSPS) is 20.9. The first-order valence-electron chi connectivity index (χ1n) is 6.54. The van der Waals surface area contributed by atoms with Crippen molar-refractivity contribution >= 4 is 17.8 Å². The van der Waals surface area contributed by atoms with Crippen LogP contribution in [0.3, 0.4) is 0 Å². The standard InChI is InChI=1S/C13H26N2O2S/c1-10(2)11(8-17-5)14-12(16)15-6-7-18-13(3,4)9-15/h10-11H,6-9H2,1-5H3,(H,14,16). The number of urea groups is 1. The zero-order chi connectivity index (χ0) is 13.8. The van der Waals surface area contributed by atoms with Gasteiger partial charge in [0.15, 0.2) is 0 Å². The van der Waals surface area contributed by atoms with E-state index >= 15 is 0 Å². The largest absolute Gasteiger partial charge is 0.383 e. The second-order valence-electron chi connectivity index (χ2n) is 5.79. The van der Waals surface area contributed by atoms with E-state index in [2.05, 4.69) is 33.0 Å². The van der Waals surface area contributed by atoms with Crippen LogP contribution in [0.1, 0.15) is 27.7 Å². The molecule has 0 aromatic heterocycles. The smallest absolute Gasteiger partial charge is 0.317 e. The van der Waals surface area contributed by atoms with Crippen LogP contribution in [-0.2, 0) is 4.74 Å². The van der Waals surface area contributed by atoms with Gasteiger partial charge in [-0.2, -0.15) is 11.8 Å². The molecule has 0 aliphatic carbocycles. The highest BCUT2D eigenvalue weighted by Crippen LogP contribution is 2.29. The number of ether oxygens (including phenoxy) is 1. The summed E-state index contributed by atoms with van der Waals surface area (Å²) < 4.78 is 5.31. The Hall–Kier alpha value is -0.420. The zero-order valence-electron chi connectivity index (χ0n) is 12.2. The topological polar surface area (TPSA) is 41.6 Å². The van der Waals surface area contributed by atoms with E-state index in [1.54, 1.807) is 7.11 Å². The molecule has 0 saturated carbocycles. The molecule has 0 aromatic rings. The number of rotatable bonds is 4. The van der Waals surface area contributed by atoms with Crippen LogP contribution < -0.4 is 5.32 Å². The fraction of sp³-hybridized carbons (Fsp3) is 0.923. The fourth-order valence-corrected chi connectivity index (χ4v) is 3.13. The van der Waals surface area contributed by atoms with Gasteiger partial charge in [-0.1, -0.05) is 13.8 Å². The lowest BCUT2D eigenvalue weighted by molar-refractivity contribution is 0.138. The Morgan fingerprint density at radius 1 is 1.50 bits per heavy atom. The van der Waals surface area contributed by atoms with Gasteiger partial charge in [0, 0.05) is 30.7 Å². The van der Waals surface area contributed by atoms with E-state index in [0.29, 0.717) is 12.5 Å². The van der Waals surface area contributed by atoms with Gasteiger partial charge in [-0.15, -0.1) is 0 Å². The maximum Gasteiger partial charge on any atom is 0.317 e. The number of methoxy groups -OCH3 is 1. The summed E-state index contributed by atoms with van der Waals surface area (Å²) in [5, 5.41) is 3.08. The number of carbonyl (C=O) groups is 1. The third-order valence-electron chi connectivity index (χ3n) is 3.17. The quantitative estimate of drug-likeness (QED) is 0.854. The van der Waals surface area contributed by atoms with Gasteiger partial charge in [0.05, 0.1) is 12.6 Å². The van der Waals surface area contributed by atoms with Gasteiger partial charge in [0.1, 0.15) is 0 Å². The van der Waals surface area contributed by atoms with Gasteiger partial charge in [-0.25, -0.2) is 4.79 Å². The van der Waals surface area contributed by atoms with Crippen molar-refractivity contribution in [2.24, 2.45) is 5.92 Å². The first-order chi connectivity index (χ1) is 8.35. The molecule has 1 heterocycles. The molecule has 4 nitrogen and oxygen atoms in total. The molecular weight excluding hydrogens is 248 g/mol. The molecule has 0 aromatic carbocycles. The lowest BCUT2D eigenvalue weighted by Crippen LogP contribution is -2.53. The van der Waals surface area contributed by atoms with Gasteiger partial charge in [-0.05, 0) is 19.8 Å². The van der Waals surface area contributed by atoms with Gasteiger partial charge in [0.25, 0.3) is 0 Å². The third kappa shape index (κ3) is 4.69. The van der Waals surface area contributed by atoms with Gasteiger partial charge >= 0.3 is 6.03 Å². The Bertz CT molecular complexity index is 282. The SMILES string of the molecule is COCC(NC(=O)N1CCSC(C)(C)C1)C(C)C. The number of carbonyl (C=O) groups excluding carboxylic acids is 1. The van der Waals surface area contributed by atoms with Crippen LogP contribution >= 0.6 is 11.8 Å². The third-order valence-corrected chi connectivity index (χ3v) is 4.47. The molecule has 0 bridgehead atoms. The maximum atomic E-state index is 12.2. The van der Waals surface area contributed by atoms with Crippen molar-refractivity contribution in [2.75, 3.05) is 32.6 Å². The summed E-state index contributed by atoms with van der Waals surface area (Å²) in [7, 11) is 1.67. The number of hydrogen-bond donors (Lipinski definition) is 1. The maximum absolute atomic E-state index is 12.2. The Kier molecular flexibility index (Phi) is 5.79. The Balaban J connectivity index is 2.53. The highest BCUT2D eigenvalue weighted by atomic mass is 32.2. The van der Waals surface area contributed by atoms with Crippen LogP contribution in [0.25, 0.3) is 0 Å². The molecule has 106 valence electrons. The van der Waals surface area contributed by atoms with Crippen molar-refractivity contribution in [3.63, 3.8) is 0 Å². The predicted octanol–water partition coefficient (Wildman–Crippen LogP) is 2.19. The minimum absolute atomic E-state index is 0.0409. The van der Waals surface area contributed by atoms with E-state index in [4.69, 9.17) is 4.74 Å². The second kappa shape index (κ2) is 6.66. The highest BCUT2D eigenvalue weighted by Gasteiger charge is 2.30. The van der Waals surface area contributed by atoms with E-state index in [0.717, 1.165) is 18.8 Å². The molecule has 1 aliphatic rings. The lowest BCUT2D eigenvalue weighted by atomic mass is 10.1. The van der Waals surface area contributed by atoms with Crippen molar-refractivity contribution in [3.8, 4) is 0 Å². The molecule has 2 amide bonds. The number of hydrogen-bond acceptors (Lipinski definition) is 3. The first kappa shape index (κ1) is 15.6. The number of nitrogens with one attached hydrogen (secondary N) is 1. The summed E-state index contributed by atoms with van der Waals surface area (Å²) in [6.45, 7) is 10.8. The molecule has 5 heteroatoms. The minimum atomic E-state index is 0.0409. The average Bonchev–Trinajstić information content (AvgIpc) is 2.26. The van der Waals surface area contributed by atoms with Crippen LogP contribution in [0.2, 0.25) is 0 Å². The summed E-state index contributed by atoms with van der Waals surface area (Å²) in [5.74, 6) is 1.39. The molecule has 1 saturated heterocycles. The molecule has 1 fully saturated rings. The molecule has 1 rings (SSSR count). The first-order valence-corrected chi connectivity index (χ1v) is 7.52. The molecule has 1 N–H and O–H groups in total. The van der Waals surface area contributed by atoms with E-state index in [1.807, 2.05) is 16.7 Å². The van der Waals surface area contributed by atoms with Crippen LogP contribution in [-0.4, -0.2) is 54.3 Å². The summed E-state index contributed by atoms with van der Waals surface area (Å²) in [5.41, 5.74) is 0. The highest BCUT2D eigenvalue weighted by molar-refractivity contribution is 8.00. The van der Waals surface area contributed by atoms with Gasteiger partial charge < -0.3 is 15.0 Å². The summed E-state index contributed by atoms with van der Waals surface area (Å²) in [4.78, 5) is 14.1. The number of thioether (sulfide) groups is 1. The monoisotopic (exact) mass is 274 g/mol. The molecule has 1 atom stereocenters. The number of nitrogens with zero attached hydrogens (tertiary/aromatic N) is 1. The van der Waals surface area contributed by atoms with Crippen LogP contribution in [0.5, 0.6) is 0 Å². The number of amides is 2. The molecule has 0 spiro atoms.